The van der Waals surface area contributed by atoms with Crippen LogP contribution in [0.5, 0.6) is 0 Å². The summed E-state index contributed by atoms with van der Waals surface area (Å²) in [6.45, 7) is -0.184. The van der Waals surface area contributed by atoms with Crippen LogP contribution in [0.1, 0.15) is 42.7 Å². The van der Waals surface area contributed by atoms with Gasteiger partial charge in [-0.1, -0.05) is 61.4 Å². The first-order valence-corrected chi connectivity index (χ1v) is 11.3. The molecule has 2 amide bonds. The van der Waals surface area contributed by atoms with Gasteiger partial charge < -0.3 is 25.6 Å². The van der Waals surface area contributed by atoms with Gasteiger partial charge in [0.05, 0.1) is 12.5 Å². The van der Waals surface area contributed by atoms with Crippen molar-refractivity contribution in [3.05, 3.63) is 59.7 Å². The summed E-state index contributed by atoms with van der Waals surface area (Å²) in [5, 5.41) is 23.5. The third-order valence-corrected chi connectivity index (χ3v) is 6.50. The van der Waals surface area contributed by atoms with Crippen molar-refractivity contribution in [2.75, 3.05) is 13.2 Å². The van der Waals surface area contributed by atoms with Gasteiger partial charge in [0.15, 0.2) is 6.10 Å². The Hall–Kier alpha value is -3.39. The molecule has 4 N–H and O–H groups in total. The van der Waals surface area contributed by atoms with E-state index in [0.717, 1.165) is 35.1 Å². The number of carbonyl (C=O) groups is 3. The lowest BCUT2D eigenvalue weighted by Gasteiger charge is -2.31. The highest BCUT2D eigenvalue weighted by Crippen LogP contribution is 2.44. The number of benzene rings is 2. The fraction of sp³-hybridized carbons (Fsp3) is 0.400. The molecule has 0 radical (unpaired) electrons. The van der Waals surface area contributed by atoms with E-state index in [0.29, 0.717) is 12.8 Å². The smallest absolute Gasteiger partial charge is 0.407 e. The maximum absolute atomic E-state index is 12.6. The Kier molecular flexibility index (Phi) is 6.93. The molecule has 1 saturated carbocycles. The molecule has 0 aliphatic heterocycles. The van der Waals surface area contributed by atoms with E-state index in [1.54, 1.807) is 0 Å². The van der Waals surface area contributed by atoms with Crippen molar-refractivity contribution in [2.24, 2.45) is 5.92 Å². The molecule has 33 heavy (non-hydrogen) atoms. The molecule has 0 aromatic heterocycles. The zero-order chi connectivity index (χ0) is 23.4. The monoisotopic (exact) mass is 452 g/mol. The summed E-state index contributed by atoms with van der Waals surface area (Å²) in [7, 11) is 0. The molecular weight excluding hydrogens is 424 g/mol. The molecule has 2 aromatic carbocycles. The molecule has 0 saturated heterocycles. The standard InChI is InChI=1S/C25H28N2O6/c28-22(24(30)31)13-26-23(29)19-11-5-6-12-21(19)27-25(32)33-14-20-17-9-3-1-7-15(17)16-8-2-4-10-18(16)20/h1-4,7-10,19-22,28H,5-6,11-14H2,(H,26,29)(H,27,32)(H,30,31). The van der Waals surface area contributed by atoms with Crippen LogP contribution in [0.25, 0.3) is 11.1 Å². The number of carboxylic acid groups (broad SMARTS) is 1. The molecule has 8 nitrogen and oxygen atoms in total. The zero-order valence-electron chi connectivity index (χ0n) is 18.2. The number of aliphatic carboxylic acids is 1. The van der Waals surface area contributed by atoms with E-state index in [-0.39, 0.29) is 25.0 Å². The number of aliphatic hydroxyl groups is 1. The van der Waals surface area contributed by atoms with Gasteiger partial charge in [-0.25, -0.2) is 9.59 Å². The summed E-state index contributed by atoms with van der Waals surface area (Å²) in [5.41, 5.74) is 4.54. The van der Waals surface area contributed by atoms with Gasteiger partial charge in [-0.3, -0.25) is 4.79 Å². The van der Waals surface area contributed by atoms with Gasteiger partial charge in [-0.05, 0) is 35.1 Å². The van der Waals surface area contributed by atoms with Gasteiger partial charge in [0, 0.05) is 12.0 Å². The lowest BCUT2D eigenvalue weighted by atomic mass is 9.84. The number of nitrogens with one attached hydrogen (secondary N) is 2. The summed E-state index contributed by atoms with van der Waals surface area (Å²) in [5.74, 6) is -2.32. The van der Waals surface area contributed by atoms with Crippen LogP contribution in [-0.4, -0.2) is 53.5 Å². The number of carboxylic acids is 1. The van der Waals surface area contributed by atoms with Gasteiger partial charge in [0.25, 0.3) is 0 Å². The Labute approximate surface area is 192 Å². The maximum atomic E-state index is 12.6. The second kappa shape index (κ2) is 10.0. The Bertz CT molecular complexity index is 994. The molecule has 174 valence electrons. The summed E-state index contributed by atoms with van der Waals surface area (Å²) in [4.78, 5) is 35.9. The molecule has 2 aromatic rings. The van der Waals surface area contributed by atoms with Crippen molar-refractivity contribution >= 4 is 18.0 Å². The summed E-state index contributed by atoms with van der Waals surface area (Å²) < 4.78 is 5.60. The van der Waals surface area contributed by atoms with Crippen molar-refractivity contribution in [3.8, 4) is 11.1 Å². The molecular formula is C25H28N2O6. The summed E-state index contributed by atoms with van der Waals surface area (Å²) in [6, 6.07) is 15.8. The van der Waals surface area contributed by atoms with E-state index in [1.807, 2.05) is 36.4 Å². The Morgan fingerprint density at radius 1 is 0.970 bits per heavy atom. The number of alkyl carbamates (subject to hydrolysis) is 1. The molecule has 3 atom stereocenters. The third-order valence-electron chi connectivity index (χ3n) is 6.50. The highest BCUT2D eigenvalue weighted by Gasteiger charge is 2.34. The Morgan fingerprint density at radius 3 is 2.21 bits per heavy atom. The number of hydrogen-bond acceptors (Lipinski definition) is 5. The number of amides is 2. The second-order valence-corrected chi connectivity index (χ2v) is 8.57. The molecule has 2 aliphatic rings. The van der Waals surface area contributed by atoms with Crippen LogP contribution >= 0.6 is 0 Å². The number of ether oxygens (including phenoxy) is 1. The molecule has 2 aliphatic carbocycles. The number of carbonyl (C=O) groups excluding carboxylic acids is 2. The quantitative estimate of drug-likeness (QED) is 0.512. The minimum Gasteiger partial charge on any atom is -0.479 e. The Morgan fingerprint density at radius 2 is 1.58 bits per heavy atom. The average Bonchev–Trinajstić information content (AvgIpc) is 3.15. The highest BCUT2D eigenvalue weighted by atomic mass is 16.5. The Balaban J connectivity index is 1.36. The molecule has 4 rings (SSSR count). The fourth-order valence-electron chi connectivity index (χ4n) is 4.82. The van der Waals surface area contributed by atoms with Gasteiger partial charge in [0.1, 0.15) is 6.61 Å². The molecule has 0 spiro atoms. The first-order chi connectivity index (χ1) is 16.0. The zero-order valence-corrected chi connectivity index (χ0v) is 18.2. The predicted octanol–water partition coefficient (Wildman–Crippen LogP) is 2.65. The first-order valence-electron chi connectivity index (χ1n) is 11.3. The number of fused-ring (bicyclic) bond motifs is 3. The van der Waals surface area contributed by atoms with Crippen molar-refractivity contribution in [1.82, 2.24) is 10.6 Å². The van der Waals surface area contributed by atoms with E-state index in [4.69, 9.17) is 9.84 Å². The van der Waals surface area contributed by atoms with Crippen LogP contribution in [0.4, 0.5) is 4.79 Å². The van der Waals surface area contributed by atoms with E-state index in [9.17, 15) is 19.5 Å². The van der Waals surface area contributed by atoms with Crippen LogP contribution in [0.15, 0.2) is 48.5 Å². The summed E-state index contributed by atoms with van der Waals surface area (Å²) >= 11 is 0. The van der Waals surface area contributed by atoms with Crippen molar-refractivity contribution < 1.29 is 29.3 Å². The number of hydrogen-bond donors (Lipinski definition) is 4. The molecule has 0 heterocycles. The van der Waals surface area contributed by atoms with Crippen LogP contribution in [-0.2, 0) is 14.3 Å². The summed E-state index contributed by atoms with van der Waals surface area (Å²) in [6.07, 6.45) is 0.670. The highest BCUT2D eigenvalue weighted by molar-refractivity contribution is 5.82. The first kappa shape index (κ1) is 22.8. The van der Waals surface area contributed by atoms with E-state index in [2.05, 4.69) is 22.8 Å². The van der Waals surface area contributed by atoms with Crippen molar-refractivity contribution in [1.29, 1.82) is 0 Å². The number of rotatable bonds is 7. The van der Waals surface area contributed by atoms with Gasteiger partial charge >= 0.3 is 12.1 Å². The average molecular weight is 453 g/mol. The molecule has 0 bridgehead atoms. The van der Waals surface area contributed by atoms with Gasteiger partial charge in [-0.15, -0.1) is 0 Å². The minimum absolute atomic E-state index is 0.0499. The second-order valence-electron chi connectivity index (χ2n) is 8.57. The predicted molar refractivity (Wildman–Crippen MR) is 121 cm³/mol. The van der Waals surface area contributed by atoms with Crippen LogP contribution in [0.3, 0.4) is 0 Å². The SMILES string of the molecule is O=C(NC1CCCCC1C(=O)NCC(O)C(=O)O)OCC1c2ccccc2-c2ccccc21. The third kappa shape index (κ3) is 5.01. The van der Waals surface area contributed by atoms with Gasteiger partial charge in [-0.2, -0.15) is 0 Å². The van der Waals surface area contributed by atoms with Crippen molar-refractivity contribution in [2.45, 2.75) is 43.7 Å². The largest absolute Gasteiger partial charge is 0.479 e. The molecule has 3 unspecified atom stereocenters. The maximum Gasteiger partial charge on any atom is 0.407 e. The van der Waals surface area contributed by atoms with E-state index in [1.165, 1.54) is 0 Å². The topological polar surface area (TPSA) is 125 Å². The lowest BCUT2D eigenvalue weighted by molar-refractivity contribution is -0.146. The van der Waals surface area contributed by atoms with E-state index < -0.39 is 30.1 Å². The molecule has 8 heteroatoms. The fourth-order valence-corrected chi connectivity index (χ4v) is 4.82. The van der Waals surface area contributed by atoms with Crippen molar-refractivity contribution in [3.63, 3.8) is 0 Å². The normalized spacial score (nSPS) is 20.3. The van der Waals surface area contributed by atoms with Crippen LogP contribution < -0.4 is 10.6 Å². The lowest BCUT2D eigenvalue weighted by Crippen LogP contribution is -2.50. The molecule has 1 fully saturated rings. The van der Waals surface area contributed by atoms with Gasteiger partial charge in [0.2, 0.25) is 5.91 Å². The number of aliphatic hydroxyl groups excluding tert-OH is 1. The van der Waals surface area contributed by atoms with Crippen LogP contribution in [0, 0.1) is 5.92 Å². The van der Waals surface area contributed by atoms with E-state index >= 15 is 0 Å². The van der Waals surface area contributed by atoms with Crippen LogP contribution in [0.2, 0.25) is 0 Å². The minimum atomic E-state index is -1.66.